The van der Waals surface area contributed by atoms with E-state index in [0.29, 0.717) is 17.0 Å². The van der Waals surface area contributed by atoms with Crippen LogP contribution in [0.2, 0.25) is 5.28 Å². The van der Waals surface area contributed by atoms with E-state index in [0.717, 1.165) is 22.1 Å². The predicted octanol–water partition coefficient (Wildman–Crippen LogP) is 5.95. The van der Waals surface area contributed by atoms with Crippen LogP contribution in [0.5, 0.6) is 0 Å². The van der Waals surface area contributed by atoms with E-state index in [1.54, 1.807) is 6.20 Å². The standard InChI is InChI=1S/C24H21ClN6O2/c1-24(2,3)33-23(32)31-19-10-9-16(13-15(19)14-26-31)27-20-18-11-12-30(17-7-5-4-6-8-17)21(18)29-22(25)28-20/h4-14H,1-3H3,(H,27,28,29). The first-order valence-corrected chi connectivity index (χ1v) is 10.7. The maximum absolute atomic E-state index is 12.4. The van der Waals surface area contributed by atoms with E-state index in [2.05, 4.69) is 20.4 Å². The minimum absolute atomic E-state index is 0.139. The molecule has 9 heteroatoms. The Morgan fingerprint density at radius 2 is 1.85 bits per heavy atom. The normalized spacial score (nSPS) is 11.8. The molecule has 166 valence electrons. The van der Waals surface area contributed by atoms with Gasteiger partial charge in [-0.25, -0.2) is 4.79 Å². The van der Waals surface area contributed by atoms with Gasteiger partial charge < -0.3 is 14.6 Å². The molecule has 33 heavy (non-hydrogen) atoms. The Morgan fingerprint density at radius 1 is 1.06 bits per heavy atom. The lowest BCUT2D eigenvalue weighted by atomic mass is 10.2. The minimum atomic E-state index is -0.606. The second kappa shape index (κ2) is 7.90. The summed E-state index contributed by atoms with van der Waals surface area (Å²) < 4.78 is 8.64. The molecule has 8 nitrogen and oxygen atoms in total. The van der Waals surface area contributed by atoms with Crippen LogP contribution >= 0.6 is 11.6 Å². The highest BCUT2D eigenvalue weighted by Gasteiger charge is 2.20. The van der Waals surface area contributed by atoms with Gasteiger partial charge in [0, 0.05) is 23.0 Å². The molecule has 0 bridgehead atoms. The predicted molar refractivity (Wildman–Crippen MR) is 129 cm³/mol. The molecule has 0 fully saturated rings. The molecule has 0 atom stereocenters. The molecular formula is C24H21ClN6O2. The molecule has 0 saturated heterocycles. The third kappa shape index (κ3) is 4.12. The third-order valence-electron chi connectivity index (χ3n) is 4.95. The topological polar surface area (TPSA) is 86.9 Å². The van der Waals surface area contributed by atoms with Crippen molar-refractivity contribution in [2.75, 3.05) is 5.32 Å². The average molecular weight is 461 g/mol. The van der Waals surface area contributed by atoms with Crippen LogP contribution in [0.3, 0.4) is 0 Å². The van der Waals surface area contributed by atoms with Crippen molar-refractivity contribution in [3.8, 4) is 5.69 Å². The van der Waals surface area contributed by atoms with Gasteiger partial charge in [0.1, 0.15) is 11.4 Å². The van der Waals surface area contributed by atoms with E-state index >= 15 is 0 Å². The van der Waals surface area contributed by atoms with E-state index in [1.165, 1.54) is 4.68 Å². The largest absolute Gasteiger partial charge is 0.442 e. The zero-order chi connectivity index (χ0) is 23.2. The molecular weight excluding hydrogens is 440 g/mol. The first kappa shape index (κ1) is 21.0. The molecule has 0 radical (unpaired) electrons. The Hall–Kier alpha value is -3.91. The number of nitrogens with one attached hydrogen (secondary N) is 1. The highest BCUT2D eigenvalue weighted by Crippen LogP contribution is 2.29. The van der Waals surface area contributed by atoms with Gasteiger partial charge in [-0.1, -0.05) is 18.2 Å². The lowest BCUT2D eigenvalue weighted by Gasteiger charge is -2.19. The van der Waals surface area contributed by atoms with Crippen LogP contribution in [0.1, 0.15) is 20.8 Å². The number of ether oxygens (including phenoxy) is 1. The summed E-state index contributed by atoms with van der Waals surface area (Å²) in [6.45, 7) is 5.45. The molecule has 0 aliphatic heterocycles. The summed E-state index contributed by atoms with van der Waals surface area (Å²) in [4.78, 5) is 21.3. The van der Waals surface area contributed by atoms with Gasteiger partial charge in [-0.2, -0.15) is 19.7 Å². The number of nitrogens with zero attached hydrogens (tertiary/aromatic N) is 5. The van der Waals surface area contributed by atoms with Crippen LogP contribution in [-0.2, 0) is 4.74 Å². The summed E-state index contributed by atoms with van der Waals surface area (Å²) in [5.74, 6) is 0.582. The van der Waals surface area contributed by atoms with Crippen LogP contribution in [0.25, 0.3) is 27.6 Å². The van der Waals surface area contributed by atoms with Crippen molar-refractivity contribution in [2.24, 2.45) is 0 Å². The number of halogens is 1. The molecule has 1 N–H and O–H groups in total. The zero-order valence-electron chi connectivity index (χ0n) is 18.3. The van der Waals surface area contributed by atoms with Crippen LogP contribution in [0, 0.1) is 0 Å². The lowest BCUT2D eigenvalue weighted by Crippen LogP contribution is -2.27. The van der Waals surface area contributed by atoms with E-state index in [-0.39, 0.29) is 5.28 Å². The quantitative estimate of drug-likeness (QED) is 0.335. The van der Waals surface area contributed by atoms with Gasteiger partial charge in [0.05, 0.1) is 17.1 Å². The number of rotatable bonds is 3. The van der Waals surface area contributed by atoms with Crippen molar-refractivity contribution in [1.82, 2.24) is 24.3 Å². The monoisotopic (exact) mass is 460 g/mol. The molecule has 0 saturated carbocycles. The van der Waals surface area contributed by atoms with Gasteiger partial charge >= 0.3 is 6.09 Å². The fraction of sp³-hybridized carbons (Fsp3) is 0.167. The highest BCUT2D eigenvalue weighted by molar-refractivity contribution is 6.28. The number of fused-ring (bicyclic) bond motifs is 2. The summed E-state index contributed by atoms with van der Waals surface area (Å²) in [6, 6.07) is 17.4. The number of hydrogen-bond acceptors (Lipinski definition) is 6. The molecule has 0 amide bonds. The Labute approximate surface area is 194 Å². The second-order valence-electron chi connectivity index (χ2n) is 8.54. The molecule has 2 aromatic carbocycles. The smallest absolute Gasteiger partial charge is 0.435 e. The van der Waals surface area contributed by atoms with Gasteiger partial charge in [0.2, 0.25) is 5.28 Å². The second-order valence-corrected chi connectivity index (χ2v) is 8.87. The average Bonchev–Trinajstić information content (AvgIpc) is 3.37. The molecule has 3 aromatic heterocycles. The number of hydrogen-bond donors (Lipinski definition) is 1. The zero-order valence-corrected chi connectivity index (χ0v) is 19.0. The van der Waals surface area contributed by atoms with Crippen molar-refractivity contribution in [1.29, 1.82) is 0 Å². The lowest BCUT2D eigenvalue weighted by molar-refractivity contribution is 0.0522. The highest BCUT2D eigenvalue weighted by atomic mass is 35.5. The van der Waals surface area contributed by atoms with Crippen LogP contribution in [0.4, 0.5) is 16.3 Å². The fourth-order valence-corrected chi connectivity index (χ4v) is 3.74. The van der Waals surface area contributed by atoms with Gasteiger partial charge in [0.25, 0.3) is 0 Å². The molecule has 5 aromatic rings. The first-order valence-electron chi connectivity index (χ1n) is 10.4. The van der Waals surface area contributed by atoms with Crippen LogP contribution in [0.15, 0.2) is 67.0 Å². The first-order chi connectivity index (χ1) is 15.8. The Balaban J connectivity index is 1.49. The Morgan fingerprint density at radius 3 is 2.61 bits per heavy atom. The minimum Gasteiger partial charge on any atom is -0.442 e. The number of para-hydroxylation sites is 1. The van der Waals surface area contributed by atoms with Gasteiger partial charge in [0.15, 0.2) is 5.65 Å². The maximum Gasteiger partial charge on any atom is 0.435 e. The van der Waals surface area contributed by atoms with Gasteiger partial charge in [-0.15, -0.1) is 0 Å². The Bertz CT molecular complexity index is 1480. The summed E-state index contributed by atoms with van der Waals surface area (Å²) in [7, 11) is 0. The van der Waals surface area contributed by atoms with Crippen LogP contribution < -0.4 is 5.32 Å². The van der Waals surface area contributed by atoms with E-state index in [4.69, 9.17) is 16.3 Å². The van der Waals surface area contributed by atoms with E-state index in [9.17, 15) is 4.79 Å². The molecule has 0 aliphatic carbocycles. The maximum atomic E-state index is 12.4. The number of benzene rings is 2. The molecule has 0 spiro atoms. The van der Waals surface area contributed by atoms with E-state index in [1.807, 2.05) is 86.1 Å². The number of carbonyl (C=O) groups excluding carboxylic acids is 1. The molecule has 0 aliphatic rings. The van der Waals surface area contributed by atoms with Gasteiger partial charge in [-0.3, -0.25) is 0 Å². The Kier molecular flexibility index (Phi) is 5.02. The van der Waals surface area contributed by atoms with Crippen molar-refractivity contribution in [3.05, 3.63) is 72.3 Å². The number of carbonyl (C=O) groups is 1. The SMILES string of the molecule is CC(C)(C)OC(=O)n1ncc2cc(Nc3nc(Cl)nc4c3ccn4-c3ccccc3)ccc21. The third-order valence-corrected chi connectivity index (χ3v) is 5.12. The molecule has 5 rings (SSSR count). The summed E-state index contributed by atoms with van der Waals surface area (Å²) in [5.41, 5.74) is 2.49. The van der Waals surface area contributed by atoms with Crippen LogP contribution in [-0.4, -0.2) is 36.0 Å². The van der Waals surface area contributed by atoms with Crippen molar-refractivity contribution >= 4 is 51.1 Å². The summed E-state index contributed by atoms with van der Waals surface area (Å²) in [6.07, 6.45) is 3.04. The van der Waals surface area contributed by atoms with Crippen molar-refractivity contribution in [3.63, 3.8) is 0 Å². The number of aromatic nitrogens is 5. The fourth-order valence-electron chi connectivity index (χ4n) is 3.58. The summed E-state index contributed by atoms with van der Waals surface area (Å²) in [5, 5.41) is 9.26. The molecule has 0 unspecified atom stereocenters. The molecule has 3 heterocycles. The van der Waals surface area contributed by atoms with Crippen molar-refractivity contribution in [2.45, 2.75) is 26.4 Å². The summed E-state index contributed by atoms with van der Waals surface area (Å²) >= 11 is 6.25. The van der Waals surface area contributed by atoms with E-state index < -0.39 is 11.7 Å². The number of anilines is 2. The van der Waals surface area contributed by atoms with Gasteiger partial charge in [-0.05, 0) is 68.8 Å². The van der Waals surface area contributed by atoms with Crippen molar-refractivity contribution < 1.29 is 9.53 Å².